The third-order valence-electron chi connectivity index (χ3n) is 7.96. The fourth-order valence-corrected chi connectivity index (χ4v) is 5.28. The summed E-state index contributed by atoms with van der Waals surface area (Å²) in [5.74, 6) is -0.349. The van der Waals surface area contributed by atoms with Crippen LogP contribution in [0, 0.1) is 5.92 Å². The standard InChI is InChI=1S/C38H45N5O7/c1-26(2)35(43-38(47)50-25-30-16-17-34(48-3)40-23-30)36(45)42-32(20-28-13-8-5-9-14-28)33(44)21-31(19-27-11-6-4-7-12-27)41-37(46)49-24-29-15-10-18-39-22-29/h4-18,22-23,26,31-33,35,44H,19-21,24-25H2,1-3H3,(H,41,46)(H,42,45)(H,43,47)/t31-,32-,33-,35?/m0/s1. The molecule has 2 aromatic carbocycles. The summed E-state index contributed by atoms with van der Waals surface area (Å²) in [6.07, 6.45) is 3.11. The number of rotatable bonds is 17. The van der Waals surface area contributed by atoms with Crippen molar-refractivity contribution in [1.29, 1.82) is 0 Å². The van der Waals surface area contributed by atoms with E-state index in [0.29, 0.717) is 24.3 Å². The Morgan fingerprint density at radius 1 is 0.720 bits per heavy atom. The molecule has 4 aromatic rings. The van der Waals surface area contributed by atoms with Gasteiger partial charge in [-0.05, 0) is 48.4 Å². The summed E-state index contributed by atoms with van der Waals surface area (Å²) in [7, 11) is 1.51. The Balaban J connectivity index is 1.45. The first-order chi connectivity index (χ1) is 24.2. The normalized spacial score (nSPS) is 13.3. The minimum Gasteiger partial charge on any atom is -0.481 e. The van der Waals surface area contributed by atoms with Crippen LogP contribution < -0.4 is 20.7 Å². The van der Waals surface area contributed by atoms with Gasteiger partial charge in [0.05, 0.1) is 19.3 Å². The summed E-state index contributed by atoms with van der Waals surface area (Å²) >= 11 is 0. The Morgan fingerprint density at radius 2 is 1.32 bits per heavy atom. The number of alkyl carbamates (subject to hydrolysis) is 2. The van der Waals surface area contributed by atoms with Gasteiger partial charge in [0.2, 0.25) is 11.8 Å². The van der Waals surface area contributed by atoms with Crippen LogP contribution in [0.3, 0.4) is 0 Å². The largest absolute Gasteiger partial charge is 0.481 e. The zero-order valence-electron chi connectivity index (χ0n) is 28.5. The molecule has 2 aromatic heterocycles. The zero-order chi connectivity index (χ0) is 35.7. The van der Waals surface area contributed by atoms with Gasteiger partial charge in [-0.2, -0.15) is 0 Å². The van der Waals surface area contributed by atoms with Crippen LogP contribution in [-0.4, -0.2) is 64.5 Å². The summed E-state index contributed by atoms with van der Waals surface area (Å²) < 4.78 is 15.9. The fourth-order valence-electron chi connectivity index (χ4n) is 5.28. The van der Waals surface area contributed by atoms with E-state index in [9.17, 15) is 19.5 Å². The van der Waals surface area contributed by atoms with Crippen LogP contribution in [0.1, 0.15) is 42.5 Å². The number of hydrogen-bond donors (Lipinski definition) is 4. The maximum atomic E-state index is 13.7. The van der Waals surface area contributed by atoms with Crippen LogP contribution in [-0.2, 0) is 40.3 Å². The van der Waals surface area contributed by atoms with Crippen LogP contribution in [0.4, 0.5) is 9.59 Å². The van der Waals surface area contributed by atoms with E-state index in [1.807, 2.05) is 60.7 Å². The topological polar surface area (TPSA) is 161 Å². The number of amides is 3. The number of benzene rings is 2. The minimum atomic E-state index is -1.09. The van der Waals surface area contributed by atoms with Crippen LogP contribution in [0.15, 0.2) is 104 Å². The van der Waals surface area contributed by atoms with Gasteiger partial charge in [-0.15, -0.1) is 0 Å². The summed E-state index contributed by atoms with van der Waals surface area (Å²) in [5, 5.41) is 20.2. The number of nitrogens with one attached hydrogen (secondary N) is 3. The van der Waals surface area contributed by atoms with Gasteiger partial charge in [-0.1, -0.05) is 80.6 Å². The van der Waals surface area contributed by atoms with E-state index in [0.717, 1.165) is 16.7 Å². The van der Waals surface area contributed by atoms with E-state index < -0.39 is 42.3 Å². The molecule has 0 fully saturated rings. The van der Waals surface area contributed by atoms with Crippen LogP contribution in [0.2, 0.25) is 0 Å². The van der Waals surface area contributed by atoms with Gasteiger partial charge in [-0.3, -0.25) is 9.78 Å². The van der Waals surface area contributed by atoms with Crippen molar-refractivity contribution in [2.45, 2.75) is 70.6 Å². The van der Waals surface area contributed by atoms with Gasteiger partial charge in [0.15, 0.2) is 0 Å². The smallest absolute Gasteiger partial charge is 0.408 e. The number of methoxy groups -OCH3 is 1. The fraction of sp³-hybridized carbons (Fsp3) is 0.342. The molecule has 4 N–H and O–H groups in total. The third kappa shape index (κ3) is 12.5. The molecule has 4 rings (SSSR count). The maximum Gasteiger partial charge on any atom is 0.408 e. The molecule has 1 unspecified atom stereocenters. The molecule has 0 saturated carbocycles. The Kier molecular flexibility index (Phi) is 14.6. The summed E-state index contributed by atoms with van der Waals surface area (Å²) in [6, 6.07) is 23.7. The molecule has 0 radical (unpaired) electrons. The number of hydrogen-bond acceptors (Lipinski definition) is 9. The molecule has 3 amide bonds. The molecule has 0 aliphatic rings. The van der Waals surface area contributed by atoms with E-state index in [1.165, 1.54) is 13.3 Å². The Hall–Kier alpha value is -5.49. The summed E-state index contributed by atoms with van der Waals surface area (Å²) in [4.78, 5) is 47.6. The van der Waals surface area contributed by atoms with Crippen LogP contribution in [0.5, 0.6) is 5.88 Å². The van der Waals surface area contributed by atoms with Crippen molar-refractivity contribution in [1.82, 2.24) is 25.9 Å². The zero-order valence-corrected chi connectivity index (χ0v) is 28.5. The van der Waals surface area contributed by atoms with E-state index in [1.54, 1.807) is 50.5 Å². The second kappa shape index (κ2) is 19.5. The molecular weight excluding hydrogens is 638 g/mol. The number of carbonyl (C=O) groups excluding carboxylic acids is 3. The van der Waals surface area contributed by atoms with E-state index >= 15 is 0 Å². The average Bonchev–Trinajstić information content (AvgIpc) is 3.13. The highest BCUT2D eigenvalue weighted by Gasteiger charge is 2.31. The molecule has 0 aliphatic heterocycles. The number of aromatic nitrogens is 2. The highest BCUT2D eigenvalue weighted by molar-refractivity contribution is 5.86. The van der Waals surface area contributed by atoms with Crippen molar-refractivity contribution in [3.05, 3.63) is 126 Å². The minimum absolute atomic E-state index is 0.0377. The van der Waals surface area contributed by atoms with E-state index in [4.69, 9.17) is 14.2 Å². The summed E-state index contributed by atoms with van der Waals surface area (Å²) in [6.45, 7) is 3.59. The van der Waals surface area contributed by atoms with Crippen molar-refractivity contribution in [3.63, 3.8) is 0 Å². The predicted molar refractivity (Wildman–Crippen MR) is 187 cm³/mol. The number of aliphatic hydroxyl groups excluding tert-OH is 1. The number of carbonyl (C=O) groups is 3. The Morgan fingerprint density at radius 3 is 1.88 bits per heavy atom. The third-order valence-corrected chi connectivity index (χ3v) is 7.96. The van der Waals surface area contributed by atoms with Crippen LogP contribution >= 0.6 is 0 Å². The molecule has 12 nitrogen and oxygen atoms in total. The van der Waals surface area contributed by atoms with Crippen LogP contribution in [0.25, 0.3) is 0 Å². The molecule has 0 aliphatic carbocycles. The van der Waals surface area contributed by atoms with Gasteiger partial charge in [0, 0.05) is 41.8 Å². The van der Waals surface area contributed by atoms with Crippen molar-refractivity contribution in [3.8, 4) is 5.88 Å². The molecule has 0 spiro atoms. The van der Waals surface area contributed by atoms with Crippen molar-refractivity contribution >= 4 is 18.1 Å². The first-order valence-electron chi connectivity index (χ1n) is 16.5. The number of aliphatic hydroxyl groups is 1. The molecule has 2 heterocycles. The number of nitrogens with zero attached hydrogens (tertiary/aromatic N) is 2. The van der Waals surface area contributed by atoms with Gasteiger partial charge < -0.3 is 35.3 Å². The van der Waals surface area contributed by atoms with Gasteiger partial charge in [0.1, 0.15) is 19.3 Å². The first kappa shape index (κ1) is 37.3. The molecule has 0 saturated heterocycles. The highest BCUT2D eigenvalue weighted by Crippen LogP contribution is 2.16. The second-order valence-corrected chi connectivity index (χ2v) is 12.2. The highest BCUT2D eigenvalue weighted by atomic mass is 16.6. The maximum absolute atomic E-state index is 13.7. The molecule has 264 valence electrons. The van der Waals surface area contributed by atoms with Gasteiger partial charge in [0.25, 0.3) is 0 Å². The average molecular weight is 684 g/mol. The second-order valence-electron chi connectivity index (χ2n) is 12.2. The molecular formula is C38H45N5O7. The molecule has 0 bridgehead atoms. The van der Waals surface area contributed by atoms with Crippen molar-refractivity contribution in [2.75, 3.05) is 7.11 Å². The number of pyridine rings is 2. The quantitative estimate of drug-likeness (QED) is 0.123. The lowest BCUT2D eigenvalue weighted by Gasteiger charge is -2.30. The molecule has 12 heteroatoms. The van der Waals surface area contributed by atoms with Gasteiger partial charge >= 0.3 is 12.2 Å². The summed E-state index contributed by atoms with van der Waals surface area (Å²) in [5.41, 5.74) is 3.23. The Bertz CT molecular complexity index is 1610. The van der Waals surface area contributed by atoms with Gasteiger partial charge in [-0.25, -0.2) is 14.6 Å². The van der Waals surface area contributed by atoms with E-state index in [-0.39, 0.29) is 25.6 Å². The SMILES string of the molecule is COc1ccc(COC(=O)NC(C(=O)N[C@@H](Cc2ccccc2)[C@@H](O)C[C@H](Cc2ccccc2)NC(=O)OCc2cccnc2)C(C)C)cn1. The molecule has 4 atom stereocenters. The lowest BCUT2D eigenvalue weighted by molar-refractivity contribution is -0.125. The lowest BCUT2D eigenvalue weighted by atomic mass is 9.93. The molecule has 50 heavy (non-hydrogen) atoms. The van der Waals surface area contributed by atoms with Crippen molar-refractivity contribution < 1.29 is 33.7 Å². The van der Waals surface area contributed by atoms with Crippen molar-refractivity contribution in [2.24, 2.45) is 5.92 Å². The Labute approximate surface area is 292 Å². The monoisotopic (exact) mass is 683 g/mol. The number of ether oxygens (including phenoxy) is 3. The first-order valence-corrected chi connectivity index (χ1v) is 16.5. The lowest BCUT2D eigenvalue weighted by Crippen LogP contribution is -2.56. The predicted octanol–water partition coefficient (Wildman–Crippen LogP) is 4.75. The van der Waals surface area contributed by atoms with E-state index in [2.05, 4.69) is 25.9 Å².